The maximum atomic E-state index is 5.37. The minimum Gasteiger partial charge on any atom is -0.493 e. The molecule has 1 aromatic heterocycles. The Morgan fingerprint density at radius 3 is 2.67 bits per heavy atom. The summed E-state index contributed by atoms with van der Waals surface area (Å²) in [5, 5.41) is 6.57. The predicted molar refractivity (Wildman–Crippen MR) is 88.2 cm³/mol. The lowest BCUT2D eigenvalue weighted by Crippen LogP contribution is -2.15. The van der Waals surface area contributed by atoms with Crippen LogP contribution in [0.25, 0.3) is 10.6 Å². The fourth-order valence-corrected chi connectivity index (χ4v) is 3.56. The molecule has 0 unspecified atom stereocenters. The second-order valence-corrected chi connectivity index (χ2v) is 6.70. The minimum atomic E-state index is 0.697. The number of methoxy groups -OCH3 is 2. The molecule has 1 heterocycles. The lowest BCUT2D eigenvalue weighted by atomic mass is 10.2. The summed E-state index contributed by atoms with van der Waals surface area (Å²) in [4.78, 5) is 4.70. The summed E-state index contributed by atoms with van der Waals surface area (Å²) in [5.41, 5.74) is 2.11. The number of rotatable bonds is 6. The smallest absolute Gasteiger partial charge is 0.161 e. The zero-order valence-corrected chi connectivity index (χ0v) is 14.4. The first-order valence-corrected chi connectivity index (χ1v) is 8.48. The van der Waals surface area contributed by atoms with Gasteiger partial charge in [0.15, 0.2) is 11.5 Å². The third-order valence-electron chi connectivity index (χ3n) is 3.40. The molecule has 0 amide bonds. The van der Waals surface area contributed by atoms with E-state index in [-0.39, 0.29) is 0 Å². The number of hydrogen-bond acceptors (Lipinski definition) is 5. The first-order chi connectivity index (χ1) is 10.2. The Balaban J connectivity index is 1.84. The summed E-state index contributed by atoms with van der Waals surface area (Å²) in [6.07, 6.45) is 2.58. The molecule has 6 heteroatoms. The van der Waals surface area contributed by atoms with E-state index in [1.165, 1.54) is 12.8 Å². The lowest BCUT2D eigenvalue weighted by molar-refractivity contribution is 0.355. The van der Waals surface area contributed by atoms with Crippen molar-refractivity contribution in [2.75, 3.05) is 14.2 Å². The van der Waals surface area contributed by atoms with Crippen LogP contribution in [-0.4, -0.2) is 25.2 Å². The molecule has 3 rings (SSSR count). The number of halogens is 1. The van der Waals surface area contributed by atoms with Crippen LogP contribution in [0.15, 0.2) is 22.0 Å². The molecule has 1 aliphatic carbocycles. The maximum Gasteiger partial charge on any atom is 0.161 e. The highest BCUT2D eigenvalue weighted by Crippen LogP contribution is 2.39. The normalized spacial score (nSPS) is 14.2. The molecule has 1 aromatic carbocycles. The van der Waals surface area contributed by atoms with E-state index in [0.717, 1.165) is 27.3 Å². The van der Waals surface area contributed by atoms with Crippen LogP contribution in [0.5, 0.6) is 11.5 Å². The van der Waals surface area contributed by atoms with Crippen molar-refractivity contribution >= 4 is 27.3 Å². The Bertz CT molecular complexity index is 641. The van der Waals surface area contributed by atoms with Crippen molar-refractivity contribution in [1.29, 1.82) is 0 Å². The van der Waals surface area contributed by atoms with Gasteiger partial charge in [-0.3, -0.25) is 0 Å². The first kappa shape index (κ1) is 14.8. The van der Waals surface area contributed by atoms with Crippen LogP contribution in [0, 0.1) is 0 Å². The molecule has 4 nitrogen and oxygen atoms in total. The Morgan fingerprint density at radius 1 is 1.29 bits per heavy atom. The molecule has 2 aromatic rings. The average molecular weight is 369 g/mol. The van der Waals surface area contributed by atoms with E-state index in [1.807, 2.05) is 12.1 Å². The summed E-state index contributed by atoms with van der Waals surface area (Å²) < 4.78 is 11.6. The van der Waals surface area contributed by atoms with Gasteiger partial charge < -0.3 is 14.8 Å². The van der Waals surface area contributed by atoms with E-state index >= 15 is 0 Å². The van der Waals surface area contributed by atoms with E-state index in [4.69, 9.17) is 14.5 Å². The fraction of sp³-hybridized carbons (Fsp3) is 0.400. The summed E-state index contributed by atoms with van der Waals surface area (Å²) in [6, 6.07) is 4.57. The number of thiazole rings is 1. The van der Waals surface area contributed by atoms with Crippen LogP contribution in [0.2, 0.25) is 0 Å². The summed E-state index contributed by atoms with van der Waals surface area (Å²) >= 11 is 5.23. The molecule has 0 bridgehead atoms. The number of nitrogens with zero attached hydrogens (tertiary/aromatic N) is 1. The molecule has 112 valence electrons. The van der Waals surface area contributed by atoms with Gasteiger partial charge in [-0.25, -0.2) is 4.98 Å². The third kappa shape index (κ3) is 3.39. The van der Waals surface area contributed by atoms with E-state index < -0.39 is 0 Å². The molecule has 0 spiro atoms. The van der Waals surface area contributed by atoms with Crippen LogP contribution in [0.1, 0.15) is 18.5 Å². The van der Waals surface area contributed by atoms with E-state index in [9.17, 15) is 0 Å². The fourth-order valence-electron chi connectivity index (χ4n) is 2.07. The SMILES string of the molecule is COc1cc(Br)c(-c2nc(CNC3CC3)cs2)cc1OC. The lowest BCUT2D eigenvalue weighted by Gasteiger charge is -2.10. The number of aromatic nitrogens is 1. The third-order valence-corrected chi connectivity index (χ3v) is 4.99. The molecule has 0 atom stereocenters. The topological polar surface area (TPSA) is 43.4 Å². The molecule has 0 aliphatic heterocycles. The van der Waals surface area contributed by atoms with Gasteiger partial charge in [0.25, 0.3) is 0 Å². The number of ether oxygens (including phenoxy) is 2. The van der Waals surface area contributed by atoms with Crippen molar-refractivity contribution in [3.8, 4) is 22.1 Å². The zero-order valence-electron chi connectivity index (χ0n) is 12.0. The van der Waals surface area contributed by atoms with E-state index in [1.54, 1.807) is 25.6 Å². The van der Waals surface area contributed by atoms with Crippen molar-refractivity contribution in [3.63, 3.8) is 0 Å². The highest BCUT2D eigenvalue weighted by Gasteiger charge is 2.20. The quantitative estimate of drug-likeness (QED) is 0.840. The summed E-state index contributed by atoms with van der Waals surface area (Å²) in [5.74, 6) is 1.42. The van der Waals surface area contributed by atoms with Crippen LogP contribution >= 0.6 is 27.3 Å². The molecular formula is C15H17BrN2O2S. The van der Waals surface area contributed by atoms with Gasteiger partial charge in [-0.05, 0) is 40.9 Å². The monoisotopic (exact) mass is 368 g/mol. The first-order valence-electron chi connectivity index (χ1n) is 6.81. The molecule has 1 fully saturated rings. The Morgan fingerprint density at radius 2 is 2.00 bits per heavy atom. The van der Waals surface area contributed by atoms with Crippen molar-refractivity contribution in [2.45, 2.75) is 25.4 Å². The second-order valence-electron chi connectivity index (χ2n) is 4.99. The predicted octanol–water partition coefficient (Wildman–Crippen LogP) is 3.84. The number of nitrogens with one attached hydrogen (secondary N) is 1. The van der Waals surface area contributed by atoms with Crippen molar-refractivity contribution in [2.24, 2.45) is 0 Å². The van der Waals surface area contributed by atoms with Crippen LogP contribution in [0.4, 0.5) is 0 Å². The van der Waals surface area contributed by atoms with E-state index in [2.05, 4.69) is 26.6 Å². The van der Waals surface area contributed by atoms with Crippen molar-refractivity contribution < 1.29 is 9.47 Å². The molecule has 1 aliphatic rings. The molecule has 0 radical (unpaired) electrons. The molecule has 1 saturated carbocycles. The van der Waals surface area contributed by atoms with Crippen molar-refractivity contribution in [3.05, 3.63) is 27.7 Å². The van der Waals surface area contributed by atoms with Gasteiger partial charge in [-0.1, -0.05) is 0 Å². The zero-order chi connectivity index (χ0) is 14.8. The number of hydrogen-bond donors (Lipinski definition) is 1. The summed E-state index contributed by atoms with van der Waals surface area (Å²) in [7, 11) is 3.28. The Labute approximate surface area is 136 Å². The van der Waals surface area contributed by atoms with Crippen LogP contribution in [0.3, 0.4) is 0 Å². The highest BCUT2D eigenvalue weighted by molar-refractivity contribution is 9.10. The molecular weight excluding hydrogens is 352 g/mol. The Hall–Kier alpha value is -1.11. The van der Waals surface area contributed by atoms with Crippen LogP contribution in [-0.2, 0) is 6.54 Å². The number of benzene rings is 1. The van der Waals surface area contributed by atoms with Gasteiger partial charge in [0.2, 0.25) is 0 Å². The standard InChI is InChI=1S/C15H17BrN2O2S/c1-19-13-5-11(12(16)6-14(13)20-2)15-18-10(8-21-15)7-17-9-3-4-9/h5-6,8-9,17H,3-4,7H2,1-2H3. The second kappa shape index (κ2) is 6.34. The summed E-state index contributed by atoms with van der Waals surface area (Å²) in [6.45, 7) is 0.839. The van der Waals surface area contributed by atoms with Gasteiger partial charge in [-0.2, -0.15) is 0 Å². The van der Waals surface area contributed by atoms with Gasteiger partial charge in [0.05, 0.1) is 19.9 Å². The average Bonchev–Trinajstić information content (AvgIpc) is 3.22. The van der Waals surface area contributed by atoms with Gasteiger partial charge >= 0.3 is 0 Å². The highest BCUT2D eigenvalue weighted by atomic mass is 79.9. The van der Waals surface area contributed by atoms with Gasteiger partial charge in [0.1, 0.15) is 5.01 Å². The van der Waals surface area contributed by atoms with Gasteiger partial charge in [0, 0.05) is 28.0 Å². The maximum absolute atomic E-state index is 5.37. The largest absolute Gasteiger partial charge is 0.493 e. The Kier molecular flexibility index (Phi) is 4.47. The molecule has 1 N–H and O–H groups in total. The van der Waals surface area contributed by atoms with E-state index in [0.29, 0.717) is 17.5 Å². The minimum absolute atomic E-state index is 0.697. The van der Waals surface area contributed by atoms with Gasteiger partial charge in [-0.15, -0.1) is 11.3 Å². The molecule has 0 saturated heterocycles. The molecule has 21 heavy (non-hydrogen) atoms. The van der Waals surface area contributed by atoms with Crippen LogP contribution < -0.4 is 14.8 Å². The van der Waals surface area contributed by atoms with Crippen molar-refractivity contribution in [1.82, 2.24) is 10.3 Å².